The number of hydrogen-bond acceptors (Lipinski definition) is 7. The second kappa shape index (κ2) is 20.0. The van der Waals surface area contributed by atoms with Crippen LogP contribution >= 0.6 is 0 Å². The van der Waals surface area contributed by atoms with Gasteiger partial charge in [-0.25, -0.2) is 0 Å². The number of aromatic nitrogens is 2. The molecule has 44 heavy (non-hydrogen) atoms. The maximum absolute atomic E-state index is 13.4. The Morgan fingerprint density at radius 2 is 1.77 bits per heavy atom. The number of carbonyl (C=O) groups excluding carboxylic acids is 3. The highest BCUT2D eigenvalue weighted by molar-refractivity contribution is 5.91. The molecule has 2 heterocycles. The van der Waals surface area contributed by atoms with E-state index in [1.165, 1.54) is 30.6 Å². The molecule has 1 aliphatic rings. The molecule has 0 atom stereocenters. The zero-order valence-electron chi connectivity index (χ0n) is 26.6. The number of carbonyl (C=O) groups is 3. The number of allylic oxidation sites excluding steroid dienone is 3. The van der Waals surface area contributed by atoms with Gasteiger partial charge < -0.3 is 30.8 Å². The predicted octanol–water partition coefficient (Wildman–Crippen LogP) is 3.99. The summed E-state index contributed by atoms with van der Waals surface area (Å²) < 4.78 is 12.0. The van der Waals surface area contributed by atoms with Crippen LogP contribution in [0.2, 0.25) is 0 Å². The van der Waals surface area contributed by atoms with Gasteiger partial charge in [0, 0.05) is 37.1 Å². The summed E-state index contributed by atoms with van der Waals surface area (Å²) in [6.07, 6.45) is 8.53. The number of unbranched alkanes of at least 4 members (excludes halogenated alkanes) is 2. The zero-order chi connectivity index (χ0) is 32.3. The minimum absolute atomic E-state index is 0.110. The second-order valence-electron chi connectivity index (χ2n) is 10.2. The van der Waals surface area contributed by atoms with E-state index in [1.54, 1.807) is 17.1 Å². The summed E-state index contributed by atoms with van der Waals surface area (Å²) in [6, 6.07) is 7.75. The van der Waals surface area contributed by atoms with Crippen molar-refractivity contribution in [2.45, 2.75) is 65.5 Å². The van der Waals surface area contributed by atoms with E-state index in [0.29, 0.717) is 49.7 Å². The number of nitrogens with one attached hydrogen (secondary N) is 2. The molecule has 11 nitrogen and oxygen atoms in total. The molecule has 0 unspecified atom stereocenters. The minimum atomic E-state index is -0.172. The van der Waals surface area contributed by atoms with E-state index in [9.17, 15) is 14.4 Å². The molecule has 1 aliphatic heterocycles. The van der Waals surface area contributed by atoms with Crippen LogP contribution in [0.15, 0.2) is 55.3 Å². The number of benzene rings is 1. The van der Waals surface area contributed by atoms with Crippen LogP contribution < -0.4 is 16.5 Å². The van der Waals surface area contributed by atoms with Crippen LogP contribution in [-0.2, 0) is 36.9 Å². The van der Waals surface area contributed by atoms with Gasteiger partial charge in [-0.3, -0.25) is 19.1 Å². The molecule has 0 spiro atoms. The maximum atomic E-state index is 13.4. The van der Waals surface area contributed by atoms with E-state index in [4.69, 9.17) is 15.3 Å². The molecule has 1 aromatic carbocycles. The molecule has 242 valence electrons. The van der Waals surface area contributed by atoms with Crippen LogP contribution in [0.3, 0.4) is 0 Å². The summed E-state index contributed by atoms with van der Waals surface area (Å²) in [5, 5.41) is 5.89. The maximum Gasteiger partial charge on any atom is 0.293 e. The molecule has 3 rings (SSSR count). The molecule has 2 amide bonds. The molecule has 0 saturated heterocycles. The van der Waals surface area contributed by atoms with Gasteiger partial charge in [0.25, 0.3) is 6.47 Å². The number of fused-ring (bicyclic) bond motifs is 3. The van der Waals surface area contributed by atoms with Gasteiger partial charge in [0.15, 0.2) is 0 Å². The Kier molecular flexibility index (Phi) is 16.4. The van der Waals surface area contributed by atoms with Crippen molar-refractivity contribution in [2.24, 2.45) is 0 Å². The molecule has 4 N–H and O–H groups in total. The molecule has 0 saturated carbocycles. The van der Waals surface area contributed by atoms with E-state index in [1.807, 2.05) is 42.9 Å². The lowest BCUT2D eigenvalue weighted by Gasteiger charge is -2.36. The average molecular weight is 611 g/mol. The van der Waals surface area contributed by atoms with Crippen LogP contribution in [0.25, 0.3) is 16.8 Å². The normalized spacial score (nSPS) is 13.8. The summed E-state index contributed by atoms with van der Waals surface area (Å²) >= 11 is 0. The van der Waals surface area contributed by atoms with Crippen molar-refractivity contribution in [1.29, 1.82) is 0 Å². The molecular weight excluding hydrogens is 560 g/mol. The molecule has 0 radical (unpaired) electrons. The van der Waals surface area contributed by atoms with Gasteiger partial charge in [-0.1, -0.05) is 70.2 Å². The quantitative estimate of drug-likeness (QED) is 0.132. The van der Waals surface area contributed by atoms with Gasteiger partial charge in [-0.15, -0.1) is 0 Å². The first kappa shape index (κ1) is 36.1. The third kappa shape index (κ3) is 9.99. The van der Waals surface area contributed by atoms with Crippen molar-refractivity contribution in [3.05, 3.63) is 66.5 Å². The number of nitrogens with two attached hydrogens (primary N) is 1. The largest absolute Gasteiger partial charge is 0.466 e. The SMILES string of the molecule is C=C/C1=C(\C=C)N(C(=O)CCNC(=O)CCOCCC)Cc2ccccc2-c2c1n(N)n2CCOC=O.CCCCCNC. The number of nitrogens with zero attached hydrogens (tertiary/aromatic N) is 3. The fourth-order valence-electron chi connectivity index (χ4n) is 4.89. The van der Waals surface area contributed by atoms with Gasteiger partial charge in [0.1, 0.15) is 12.3 Å². The molecule has 0 fully saturated rings. The fraction of sp³-hybridized carbons (Fsp3) is 0.485. The van der Waals surface area contributed by atoms with E-state index in [2.05, 4.69) is 30.7 Å². The summed E-state index contributed by atoms with van der Waals surface area (Å²) in [5.41, 5.74) is 4.58. The Morgan fingerprint density at radius 3 is 2.43 bits per heavy atom. The third-order valence-corrected chi connectivity index (χ3v) is 7.10. The molecule has 11 heteroatoms. The average Bonchev–Trinajstić information content (AvgIpc) is 3.02. The number of ether oxygens (including phenoxy) is 2. The zero-order valence-corrected chi connectivity index (χ0v) is 26.6. The Morgan fingerprint density at radius 1 is 1.00 bits per heavy atom. The van der Waals surface area contributed by atoms with Gasteiger partial charge >= 0.3 is 0 Å². The first-order chi connectivity index (χ1) is 21.4. The van der Waals surface area contributed by atoms with Crippen LogP contribution in [-0.4, -0.2) is 72.6 Å². The van der Waals surface area contributed by atoms with E-state index >= 15 is 0 Å². The van der Waals surface area contributed by atoms with Gasteiger partial charge in [-0.2, -0.15) is 4.79 Å². The van der Waals surface area contributed by atoms with Crippen molar-refractivity contribution in [3.63, 3.8) is 0 Å². The molecule has 1 aromatic heterocycles. The van der Waals surface area contributed by atoms with Gasteiger partial charge in [0.05, 0.1) is 31.1 Å². The Balaban J connectivity index is 0.000000860. The van der Waals surface area contributed by atoms with Crippen molar-refractivity contribution in [1.82, 2.24) is 25.0 Å². The molecule has 0 bridgehead atoms. The predicted molar refractivity (Wildman–Crippen MR) is 175 cm³/mol. The number of rotatable bonds is 18. The van der Waals surface area contributed by atoms with Crippen molar-refractivity contribution >= 4 is 23.9 Å². The highest BCUT2D eigenvalue weighted by Gasteiger charge is 2.31. The third-order valence-electron chi connectivity index (χ3n) is 7.10. The van der Waals surface area contributed by atoms with Crippen LogP contribution in [0.5, 0.6) is 0 Å². The minimum Gasteiger partial charge on any atom is -0.466 e. The van der Waals surface area contributed by atoms with Gasteiger partial charge in [-0.05, 0) is 38.1 Å². The van der Waals surface area contributed by atoms with Crippen LogP contribution in [0.4, 0.5) is 0 Å². The summed E-state index contributed by atoms with van der Waals surface area (Å²) in [6.45, 7) is 15.7. The fourth-order valence-corrected chi connectivity index (χ4v) is 4.89. The lowest BCUT2D eigenvalue weighted by molar-refractivity contribution is -0.130. The Bertz CT molecular complexity index is 1260. The van der Waals surface area contributed by atoms with Crippen molar-refractivity contribution in [3.8, 4) is 11.3 Å². The smallest absolute Gasteiger partial charge is 0.293 e. The van der Waals surface area contributed by atoms with Crippen molar-refractivity contribution < 1.29 is 23.9 Å². The summed E-state index contributed by atoms with van der Waals surface area (Å²) in [7, 11) is 2.00. The number of hydrogen-bond donors (Lipinski definition) is 3. The molecule has 2 aromatic rings. The first-order valence-electron chi connectivity index (χ1n) is 15.4. The van der Waals surface area contributed by atoms with Gasteiger partial charge in [0.2, 0.25) is 11.8 Å². The Labute approximate surface area is 261 Å². The van der Waals surface area contributed by atoms with Crippen LogP contribution in [0.1, 0.15) is 63.6 Å². The van der Waals surface area contributed by atoms with E-state index < -0.39 is 0 Å². The van der Waals surface area contributed by atoms with Crippen molar-refractivity contribution in [2.75, 3.05) is 45.8 Å². The monoisotopic (exact) mass is 610 g/mol. The highest BCUT2D eigenvalue weighted by atomic mass is 16.5. The van der Waals surface area contributed by atoms with E-state index in [0.717, 1.165) is 23.2 Å². The topological polar surface area (TPSA) is 133 Å². The lowest BCUT2D eigenvalue weighted by atomic mass is 9.94. The number of nitrogen functional groups attached to an aromatic ring is 1. The molecular formula is C33H50N6O5. The highest BCUT2D eigenvalue weighted by Crippen LogP contribution is 2.39. The Hall–Kier alpha value is -4.09. The number of amides is 2. The standard InChI is InChI=1S/C27H35N5O5.C6H15N/c1-4-15-36-16-12-24(34)29-13-11-25(35)30-18-20-9-7-8-10-22(20)26-27(21(5-2)23(30)6-3)32(28)31(26)14-17-37-19-33;1-3-4-5-6-7-2/h5-10,19H,2-4,11-18,28H2,1H3,(H,29,34);7H,3-6H2,1-2H3/b23-21-;. The first-order valence-corrected chi connectivity index (χ1v) is 15.4. The summed E-state index contributed by atoms with van der Waals surface area (Å²) in [4.78, 5) is 39.2. The summed E-state index contributed by atoms with van der Waals surface area (Å²) in [5.74, 6) is 6.07. The second-order valence-corrected chi connectivity index (χ2v) is 10.2. The molecule has 0 aliphatic carbocycles. The van der Waals surface area contributed by atoms with Crippen LogP contribution in [0, 0.1) is 0 Å². The lowest BCUT2D eigenvalue weighted by Crippen LogP contribution is -2.39. The van der Waals surface area contributed by atoms with E-state index in [-0.39, 0.29) is 37.8 Å².